The van der Waals surface area contributed by atoms with Gasteiger partial charge in [-0.15, -0.1) is 0 Å². The number of hydrogen-bond acceptors (Lipinski definition) is 3. The predicted octanol–water partition coefficient (Wildman–Crippen LogP) is -0.304. The van der Waals surface area contributed by atoms with Gasteiger partial charge in [-0.25, -0.2) is 0 Å². The maximum Gasteiger partial charge on any atom is 0.0445 e. The second-order valence-electron chi connectivity index (χ2n) is 2.43. The molecule has 1 atom stereocenters. The van der Waals surface area contributed by atoms with E-state index >= 15 is 0 Å². The maximum atomic E-state index is 8.60. The van der Waals surface area contributed by atoms with E-state index in [0.717, 1.165) is 25.8 Å². The highest BCUT2D eigenvalue weighted by Crippen LogP contribution is 1.98. The van der Waals surface area contributed by atoms with Gasteiger partial charge < -0.3 is 16.2 Å². The lowest BCUT2D eigenvalue weighted by Crippen LogP contribution is -2.26. The summed E-state index contributed by atoms with van der Waals surface area (Å²) in [6, 6.07) is 0.438. The van der Waals surface area contributed by atoms with Gasteiger partial charge in [0, 0.05) is 12.6 Å². The van der Waals surface area contributed by atoms with Crippen LogP contribution >= 0.6 is 0 Å². The first-order valence-corrected chi connectivity index (χ1v) is 3.83. The largest absolute Gasteiger partial charge is 0.396 e. The number of aliphatic hydroxyl groups is 1. The van der Waals surface area contributed by atoms with Crippen molar-refractivity contribution in [3.63, 3.8) is 0 Å². The van der Waals surface area contributed by atoms with Crippen LogP contribution in [-0.4, -0.2) is 31.3 Å². The number of rotatable bonds is 6. The number of nitrogens with two attached hydrogens (primary N) is 1. The molecule has 0 saturated carbocycles. The molecule has 0 unspecified atom stereocenters. The maximum absolute atomic E-state index is 8.60. The van der Waals surface area contributed by atoms with E-state index in [1.165, 1.54) is 0 Å². The topological polar surface area (TPSA) is 58.3 Å². The Hall–Kier alpha value is -0.120. The number of aliphatic hydroxyl groups excluding tert-OH is 1. The van der Waals surface area contributed by atoms with Gasteiger partial charge in [-0.2, -0.15) is 0 Å². The molecule has 0 aliphatic heterocycles. The first-order valence-electron chi connectivity index (χ1n) is 3.83. The fourth-order valence-electron chi connectivity index (χ4n) is 0.953. The van der Waals surface area contributed by atoms with Crippen LogP contribution in [0.5, 0.6) is 0 Å². The molecular formula is C7H18N2O. The first kappa shape index (κ1) is 9.88. The van der Waals surface area contributed by atoms with Crippen molar-refractivity contribution in [3.05, 3.63) is 0 Å². The average molecular weight is 146 g/mol. The Labute approximate surface area is 62.6 Å². The van der Waals surface area contributed by atoms with Crippen molar-refractivity contribution >= 4 is 0 Å². The zero-order valence-corrected chi connectivity index (χ0v) is 6.64. The van der Waals surface area contributed by atoms with Crippen molar-refractivity contribution < 1.29 is 5.11 Å². The lowest BCUT2D eigenvalue weighted by molar-refractivity contribution is 0.263. The molecule has 0 spiro atoms. The molecule has 0 saturated heterocycles. The summed E-state index contributed by atoms with van der Waals surface area (Å²) in [5.41, 5.74) is 5.34. The average Bonchev–Trinajstić information content (AvgIpc) is 1.98. The van der Waals surface area contributed by atoms with Crippen LogP contribution in [0, 0.1) is 0 Å². The van der Waals surface area contributed by atoms with E-state index in [9.17, 15) is 0 Å². The minimum atomic E-state index is 0.260. The second kappa shape index (κ2) is 6.99. The molecule has 0 aromatic heterocycles. The zero-order valence-electron chi connectivity index (χ0n) is 6.64. The molecule has 0 aliphatic rings. The van der Waals surface area contributed by atoms with E-state index in [4.69, 9.17) is 10.8 Å². The molecule has 4 N–H and O–H groups in total. The van der Waals surface area contributed by atoms with E-state index in [-0.39, 0.29) is 6.61 Å². The second-order valence-corrected chi connectivity index (χ2v) is 2.43. The van der Waals surface area contributed by atoms with Crippen LogP contribution in [0.25, 0.3) is 0 Å². The van der Waals surface area contributed by atoms with Crippen molar-refractivity contribution in [2.75, 3.05) is 20.2 Å². The van der Waals surface area contributed by atoms with Crippen LogP contribution in [0.3, 0.4) is 0 Å². The molecule has 0 aromatic rings. The first-order chi connectivity index (χ1) is 4.85. The van der Waals surface area contributed by atoms with Gasteiger partial charge in [0.25, 0.3) is 0 Å². The van der Waals surface area contributed by atoms with Crippen LogP contribution in [0.2, 0.25) is 0 Å². The molecular weight excluding hydrogens is 128 g/mol. The Bertz CT molecular complexity index is 68.6. The van der Waals surface area contributed by atoms with E-state index in [1.807, 2.05) is 7.05 Å². The summed E-state index contributed by atoms with van der Waals surface area (Å²) in [6.45, 7) is 1.000. The lowest BCUT2D eigenvalue weighted by Gasteiger charge is -2.13. The normalized spacial score (nSPS) is 13.5. The van der Waals surface area contributed by atoms with Crippen LogP contribution in [0.4, 0.5) is 0 Å². The highest BCUT2D eigenvalue weighted by Gasteiger charge is 2.02. The molecule has 62 valence electrons. The van der Waals surface area contributed by atoms with Gasteiger partial charge in [0.15, 0.2) is 0 Å². The molecule has 0 bridgehead atoms. The van der Waals surface area contributed by atoms with Gasteiger partial charge in [0.05, 0.1) is 0 Å². The predicted molar refractivity (Wildman–Crippen MR) is 42.8 cm³/mol. The SMILES string of the molecule is CN[C@H](CCO)CCCN. The van der Waals surface area contributed by atoms with Gasteiger partial charge >= 0.3 is 0 Å². The lowest BCUT2D eigenvalue weighted by atomic mass is 10.1. The summed E-state index contributed by atoms with van der Waals surface area (Å²) in [6.07, 6.45) is 2.93. The Morgan fingerprint density at radius 1 is 1.50 bits per heavy atom. The Morgan fingerprint density at radius 3 is 2.60 bits per heavy atom. The standard InChI is InChI=1S/C7H18N2O/c1-9-7(4-6-10)3-2-5-8/h7,9-10H,2-6,8H2,1H3/t7-/m0/s1. The molecule has 0 rings (SSSR count). The highest BCUT2D eigenvalue weighted by atomic mass is 16.3. The molecule has 3 nitrogen and oxygen atoms in total. The van der Waals surface area contributed by atoms with Gasteiger partial charge in [-0.05, 0) is 32.9 Å². The molecule has 0 fully saturated rings. The fourth-order valence-corrected chi connectivity index (χ4v) is 0.953. The van der Waals surface area contributed by atoms with Crippen molar-refractivity contribution in [2.45, 2.75) is 25.3 Å². The van der Waals surface area contributed by atoms with Crippen LogP contribution < -0.4 is 11.1 Å². The van der Waals surface area contributed by atoms with Crippen LogP contribution in [-0.2, 0) is 0 Å². The Balaban J connectivity index is 3.21. The smallest absolute Gasteiger partial charge is 0.0445 e. The third kappa shape index (κ3) is 4.73. The van der Waals surface area contributed by atoms with Crippen molar-refractivity contribution in [3.8, 4) is 0 Å². The summed E-state index contributed by atoms with van der Waals surface area (Å²) in [5.74, 6) is 0. The summed E-state index contributed by atoms with van der Waals surface area (Å²) in [7, 11) is 1.91. The molecule has 10 heavy (non-hydrogen) atoms. The molecule has 0 aromatic carbocycles. The van der Waals surface area contributed by atoms with Crippen molar-refractivity contribution in [1.29, 1.82) is 0 Å². The van der Waals surface area contributed by atoms with Gasteiger partial charge in [-0.1, -0.05) is 0 Å². The minimum absolute atomic E-state index is 0.260. The van der Waals surface area contributed by atoms with Crippen LogP contribution in [0.15, 0.2) is 0 Å². The van der Waals surface area contributed by atoms with Crippen LogP contribution in [0.1, 0.15) is 19.3 Å². The zero-order chi connectivity index (χ0) is 7.82. The summed E-state index contributed by atoms with van der Waals surface area (Å²) < 4.78 is 0. The minimum Gasteiger partial charge on any atom is -0.396 e. The van der Waals surface area contributed by atoms with E-state index < -0.39 is 0 Å². The molecule has 0 amide bonds. The summed E-state index contributed by atoms with van der Waals surface area (Å²) in [5, 5.41) is 11.7. The van der Waals surface area contributed by atoms with Gasteiger partial charge in [-0.3, -0.25) is 0 Å². The van der Waals surface area contributed by atoms with E-state index in [0.29, 0.717) is 6.04 Å². The monoisotopic (exact) mass is 146 g/mol. The van der Waals surface area contributed by atoms with Gasteiger partial charge in [0.1, 0.15) is 0 Å². The summed E-state index contributed by atoms with van der Waals surface area (Å²) in [4.78, 5) is 0. The molecule has 0 aliphatic carbocycles. The molecule has 3 heteroatoms. The molecule has 0 heterocycles. The van der Waals surface area contributed by atoms with Crippen molar-refractivity contribution in [1.82, 2.24) is 5.32 Å². The molecule has 0 radical (unpaired) electrons. The fraction of sp³-hybridized carbons (Fsp3) is 1.00. The van der Waals surface area contributed by atoms with Gasteiger partial charge in [0.2, 0.25) is 0 Å². The highest BCUT2D eigenvalue weighted by molar-refractivity contribution is 4.63. The van der Waals surface area contributed by atoms with E-state index in [1.54, 1.807) is 0 Å². The Kier molecular flexibility index (Phi) is 6.91. The van der Waals surface area contributed by atoms with Crippen molar-refractivity contribution in [2.24, 2.45) is 5.73 Å². The quantitative estimate of drug-likeness (QED) is 0.482. The Morgan fingerprint density at radius 2 is 2.20 bits per heavy atom. The third-order valence-corrected chi connectivity index (χ3v) is 1.64. The number of nitrogens with one attached hydrogen (secondary N) is 1. The summed E-state index contributed by atoms with van der Waals surface area (Å²) >= 11 is 0. The third-order valence-electron chi connectivity index (χ3n) is 1.64. The van der Waals surface area contributed by atoms with E-state index in [2.05, 4.69) is 5.32 Å². The number of hydrogen-bond donors (Lipinski definition) is 3.